The topological polar surface area (TPSA) is 57.8 Å². The van der Waals surface area contributed by atoms with Crippen molar-refractivity contribution in [3.63, 3.8) is 0 Å². The summed E-state index contributed by atoms with van der Waals surface area (Å²) >= 11 is 0. The second-order valence-electron chi connectivity index (χ2n) is 5.07. The fourth-order valence-electron chi connectivity index (χ4n) is 2.15. The molecule has 106 valence electrons. The Morgan fingerprint density at radius 3 is 2.90 bits per heavy atom. The van der Waals surface area contributed by atoms with Gasteiger partial charge >= 0.3 is 0 Å². The number of aromatic nitrogens is 2. The Kier molecular flexibility index (Phi) is 4.93. The molecular weight excluding hydrogens is 250 g/mol. The van der Waals surface area contributed by atoms with Crippen molar-refractivity contribution in [2.24, 2.45) is 0 Å². The van der Waals surface area contributed by atoms with Crippen LogP contribution in [0.3, 0.4) is 0 Å². The maximum Gasteiger partial charge on any atom is 0.225 e. The summed E-state index contributed by atoms with van der Waals surface area (Å²) in [6.07, 6.45) is 3.23. The van der Waals surface area contributed by atoms with Gasteiger partial charge in [0, 0.05) is 18.2 Å². The zero-order chi connectivity index (χ0) is 14.4. The number of rotatable bonds is 6. The highest BCUT2D eigenvalue weighted by Gasteiger charge is 2.06. The lowest BCUT2D eigenvalue weighted by Crippen LogP contribution is -2.12. The van der Waals surface area contributed by atoms with Crippen molar-refractivity contribution < 1.29 is 4.79 Å². The van der Waals surface area contributed by atoms with Gasteiger partial charge in [0.2, 0.25) is 5.91 Å². The normalized spacial score (nSPS) is 10.5. The quantitative estimate of drug-likeness (QED) is 0.847. The number of H-pyrrole nitrogens is 1. The fraction of sp³-hybridized carbons (Fsp3) is 0.375. The highest BCUT2D eigenvalue weighted by Crippen LogP contribution is 2.10. The zero-order valence-corrected chi connectivity index (χ0v) is 12.1. The number of aryl methyl sites for hydroxylation is 3. The van der Waals surface area contributed by atoms with Crippen LogP contribution in [0.1, 0.15) is 36.6 Å². The summed E-state index contributed by atoms with van der Waals surface area (Å²) in [7, 11) is 0. The number of amides is 1. The summed E-state index contributed by atoms with van der Waals surface area (Å²) in [6, 6.07) is 10.1. The molecule has 0 aliphatic rings. The molecule has 1 amide bonds. The molecule has 0 bridgehead atoms. The van der Waals surface area contributed by atoms with E-state index in [1.54, 1.807) is 0 Å². The average Bonchev–Trinajstić information content (AvgIpc) is 2.84. The minimum absolute atomic E-state index is 0.000976. The predicted molar refractivity (Wildman–Crippen MR) is 80.7 cm³/mol. The lowest BCUT2D eigenvalue weighted by molar-refractivity contribution is -0.116. The number of nitrogens with zero attached hydrogens (tertiary/aromatic N) is 1. The van der Waals surface area contributed by atoms with Crippen molar-refractivity contribution >= 4 is 11.7 Å². The second-order valence-corrected chi connectivity index (χ2v) is 5.07. The van der Waals surface area contributed by atoms with Gasteiger partial charge in [-0.15, -0.1) is 0 Å². The molecule has 1 aromatic heterocycles. The highest BCUT2D eigenvalue weighted by atomic mass is 16.1. The largest absolute Gasteiger partial charge is 0.309 e. The molecule has 4 heteroatoms. The molecule has 0 aliphatic heterocycles. The van der Waals surface area contributed by atoms with Gasteiger partial charge in [0.05, 0.1) is 0 Å². The first-order valence-corrected chi connectivity index (χ1v) is 7.07. The molecule has 0 radical (unpaired) electrons. The van der Waals surface area contributed by atoms with Crippen LogP contribution in [-0.4, -0.2) is 16.1 Å². The number of hydrogen-bond donors (Lipinski definition) is 2. The Bertz CT molecular complexity index is 575. The van der Waals surface area contributed by atoms with E-state index in [1.807, 2.05) is 18.2 Å². The lowest BCUT2D eigenvalue weighted by Gasteiger charge is -2.03. The molecule has 0 spiro atoms. The van der Waals surface area contributed by atoms with Crippen molar-refractivity contribution in [1.29, 1.82) is 0 Å². The minimum atomic E-state index is 0.000976. The molecule has 0 saturated carbocycles. The van der Waals surface area contributed by atoms with E-state index in [0.29, 0.717) is 12.2 Å². The van der Waals surface area contributed by atoms with Crippen LogP contribution in [0.2, 0.25) is 0 Å². The predicted octanol–water partition coefficient (Wildman–Crippen LogP) is 3.24. The number of benzene rings is 1. The van der Waals surface area contributed by atoms with Crippen molar-refractivity contribution in [2.45, 2.75) is 39.5 Å². The molecule has 0 saturated heterocycles. The van der Waals surface area contributed by atoms with Crippen molar-refractivity contribution in [3.8, 4) is 0 Å². The third-order valence-electron chi connectivity index (χ3n) is 3.14. The van der Waals surface area contributed by atoms with Gasteiger partial charge in [0.1, 0.15) is 0 Å². The third kappa shape index (κ3) is 4.23. The third-order valence-corrected chi connectivity index (χ3v) is 3.14. The van der Waals surface area contributed by atoms with Gasteiger partial charge in [-0.25, -0.2) is 0 Å². The summed E-state index contributed by atoms with van der Waals surface area (Å²) in [5.74, 6) is 0.615. The number of anilines is 1. The molecule has 2 rings (SSSR count). The molecule has 2 aromatic rings. The number of aromatic amines is 1. The minimum Gasteiger partial charge on any atom is -0.309 e. The Morgan fingerprint density at radius 1 is 1.30 bits per heavy atom. The van der Waals surface area contributed by atoms with Crippen LogP contribution in [0.15, 0.2) is 30.3 Å². The molecule has 0 atom stereocenters. The molecule has 0 aliphatic carbocycles. The maximum absolute atomic E-state index is 11.9. The van der Waals surface area contributed by atoms with Crippen LogP contribution >= 0.6 is 0 Å². The number of nitrogens with one attached hydrogen (secondary N) is 2. The van der Waals surface area contributed by atoms with Crippen molar-refractivity contribution in [1.82, 2.24) is 10.2 Å². The Morgan fingerprint density at radius 2 is 2.15 bits per heavy atom. The van der Waals surface area contributed by atoms with Gasteiger partial charge in [-0.3, -0.25) is 9.89 Å². The van der Waals surface area contributed by atoms with E-state index in [2.05, 4.69) is 41.5 Å². The van der Waals surface area contributed by atoms with Crippen LogP contribution < -0.4 is 5.32 Å². The standard InChI is InChI=1S/C16H21N3O/c1-3-5-14-11-15(19-18-14)17-16(20)9-8-13-7-4-6-12(2)10-13/h4,6-7,10-11H,3,5,8-9H2,1-2H3,(H2,17,18,19,20). The number of carbonyl (C=O) groups excluding carboxylic acids is 1. The van der Waals surface area contributed by atoms with Crippen LogP contribution in [0.4, 0.5) is 5.82 Å². The van der Waals surface area contributed by atoms with Gasteiger partial charge < -0.3 is 5.32 Å². The summed E-state index contributed by atoms with van der Waals surface area (Å²) < 4.78 is 0. The van der Waals surface area contributed by atoms with Crippen LogP contribution in [0.5, 0.6) is 0 Å². The molecule has 0 fully saturated rings. The highest BCUT2D eigenvalue weighted by molar-refractivity contribution is 5.89. The Labute approximate surface area is 119 Å². The molecule has 1 heterocycles. The summed E-state index contributed by atoms with van der Waals surface area (Å²) in [4.78, 5) is 11.9. The first-order valence-electron chi connectivity index (χ1n) is 7.07. The van der Waals surface area contributed by atoms with Crippen LogP contribution in [-0.2, 0) is 17.6 Å². The van der Waals surface area contributed by atoms with Gasteiger partial charge in [-0.1, -0.05) is 43.2 Å². The van der Waals surface area contributed by atoms with E-state index in [4.69, 9.17) is 0 Å². The van der Waals surface area contributed by atoms with E-state index in [1.165, 1.54) is 11.1 Å². The maximum atomic E-state index is 11.9. The fourth-order valence-corrected chi connectivity index (χ4v) is 2.15. The summed E-state index contributed by atoms with van der Waals surface area (Å²) in [6.45, 7) is 4.17. The van der Waals surface area contributed by atoms with Gasteiger partial charge in [-0.05, 0) is 25.3 Å². The van der Waals surface area contributed by atoms with E-state index in [0.717, 1.165) is 25.0 Å². The van der Waals surface area contributed by atoms with Gasteiger partial charge in [0.15, 0.2) is 5.82 Å². The monoisotopic (exact) mass is 271 g/mol. The van der Waals surface area contributed by atoms with Crippen LogP contribution in [0, 0.1) is 6.92 Å². The zero-order valence-electron chi connectivity index (χ0n) is 12.1. The van der Waals surface area contributed by atoms with Gasteiger partial charge in [0.25, 0.3) is 0 Å². The average molecular weight is 271 g/mol. The summed E-state index contributed by atoms with van der Waals surface area (Å²) in [5, 5.41) is 9.84. The van der Waals surface area contributed by atoms with E-state index in [-0.39, 0.29) is 5.91 Å². The first kappa shape index (κ1) is 14.3. The second kappa shape index (κ2) is 6.89. The van der Waals surface area contributed by atoms with Crippen molar-refractivity contribution in [2.75, 3.05) is 5.32 Å². The van der Waals surface area contributed by atoms with Crippen LogP contribution in [0.25, 0.3) is 0 Å². The Balaban J connectivity index is 1.82. The number of carbonyl (C=O) groups is 1. The smallest absolute Gasteiger partial charge is 0.225 e. The van der Waals surface area contributed by atoms with E-state index < -0.39 is 0 Å². The summed E-state index contributed by atoms with van der Waals surface area (Å²) in [5.41, 5.74) is 3.47. The SMILES string of the molecule is CCCc1cc(NC(=O)CCc2cccc(C)c2)n[nH]1. The Hall–Kier alpha value is -2.10. The van der Waals surface area contributed by atoms with E-state index >= 15 is 0 Å². The molecular formula is C16H21N3O. The molecule has 20 heavy (non-hydrogen) atoms. The first-order chi connectivity index (χ1) is 9.67. The molecule has 4 nitrogen and oxygen atoms in total. The van der Waals surface area contributed by atoms with Crippen molar-refractivity contribution in [3.05, 3.63) is 47.2 Å². The number of hydrogen-bond acceptors (Lipinski definition) is 2. The van der Waals surface area contributed by atoms with Gasteiger partial charge in [-0.2, -0.15) is 5.10 Å². The molecule has 2 N–H and O–H groups in total. The lowest BCUT2D eigenvalue weighted by atomic mass is 10.1. The van der Waals surface area contributed by atoms with E-state index in [9.17, 15) is 4.79 Å². The molecule has 0 unspecified atom stereocenters. The molecule has 1 aromatic carbocycles.